The number of rotatable bonds is 3. The largest absolute Gasteiger partial charge is 0.350 e. The summed E-state index contributed by atoms with van der Waals surface area (Å²) in [5.41, 5.74) is -1.41. The average molecular weight is 360 g/mol. The lowest BCUT2D eigenvalue weighted by Crippen LogP contribution is -2.34. The third kappa shape index (κ3) is 2.52. The van der Waals surface area contributed by atoms with E-state index in [1.54, 1.807) is 6.07 Å². The van der Waals surface area contributed by atoms with Gasteiger partial charge in [0.1, 0.15) is 10.9 Å². The zero-order valence-electron chi connectivity index (χ0n) is 12.6. The Hall–Kier alpha value is -3.27. The molecule has 126 valence electrons. The van der Waals surface area contributed by atoms with Gasteiger partial charge >= 0.3 is 0 Å². The number of aryl methyl sites for hydroxylation is 2. The van der Waals surface area contributed by atoms with Gasteiger partial charge in [-0.3, -0.25) is 19.5 Å². The van der Waals surface area contributed by atoms with Crippen LogP contribution in [0.15, 0.2) is 38.9 Å². The molecule has 0 aliphatic heterocycles. The summed E-state index contributed by atoms with van der Waals surface area (Å²) in [4.78, 5) is 41.7. The van der Waals surface area contributed by atoms with Gasteiger partial charge in [-0.25, -0.2) is 4.68 Å². The number of aromatic nitrogens is 7. The van der Waals surface area contributed by atoms with E-state index in [4.69, 9.17) is 11.6 Å². The van der Waals surface area contributed by atoms with Crippen LogP contribution >= 0.6 is 11.6 Å². The minimum Gasteiger partial charge on any atom is -0.350 e. The summed E-state index contributed by atoms with van der Waals surface area (Å²) < 4.78 is 1.06. The molecule has 0 saturated heterocycles. The normalized spacial score (nSPS) is 11.4. The molecule has 0 spiro atoms. The number of hydrogen-bond donors (Lipinski definition) is 2. The maximum Gasteiger partial charge on any atom is 0.287 e. The lowest BCUT2D eigenvalue weighted by atomic mass is 10.1. The van der Waals surface area contributed by atoms with Crippen LogP contribution in [0, 0.1) is 0 Å². The molecule has 0 fully saturated rings. The number of aromatic amines is 2. The van der Waals surface area contributed by atoms with Crippen molar-refractivity contribution in [2.24, 2.45) is 0 Å². The molecule has 0 radical (unpaired) electrons. The average Bonchev–Trinajstić information content (AvgIpc) is 3.10. The molecular formula is C14H10ClN7O3. The van der Waals surface area contributed by atoms with Crippen molar-refractivity contribution in [3.63, 3.8) is 0 Å². The molecule has 10 nitrogen and oxygen atoms in total. The van der Waals surface area contributed by atoms with E-state index in [-0.39, 0.29) is 29.4 Å². The molecule has 0 aliphatic rings. The highest BCUT2D eigenvalue weighted by atomic mass is 35.5. The minimum absolute atomic E-state index is 0.0818. The number of nitrogens with zero attached hydrogens (tertiary/aromatic N) is 5. The fourth-order valence-corrected chi connectivity index (χ4v) is 2.81. The molecule has 3 heterocycles. The van der Waals surface area contributed by atoms with E-state index >= 15 is 0 Å². The number of H-pyrrole nitrogens is 2. The maximum atomic E-state index is 12.7. The van der Waals surface area contributed by atoms with E-state index in [0.29, 0.717) is 10.5 Å². The number of hydrogen-bond acceptors (Lipinski definition) is 6. The summed E-state index contributed by atoms with van der Waals surface area (Å²) in [5.74, 6) is 0. The third-order valence-corrected chi connectivity index (χ3v) is 4.04. The van der Waals surface area contributed by atoms with Crippen molar-refractivity contribution < 1.29 is 0 Å². The summed E-state index contributed by atoms with van der Waals surface area (Å²) in [5, 5.41) is 14.0. The van der Waals surface area contributed by atoms with Crippen LogP contribution in [-0.4, -0.2) is 35.0 Å². The van der Waals surface area contributed by atoms with Gasteiger partial charge in [0.25, 0.3) is 11.1 Å². The molecule has 0 aliphatic carbocycles. The molecule has 11 heteroatoms. The van der Waals surface area contributed by atoms with Crippen molar-refractivity contribution in [1.29, 1.82) is 0 Å². The molecule has 0 bridgehead atoms. The fraction of sp³-hybridized carbons (Fsp3) is 0.143. The second kappa shape index (κ2) is 5.67. The van der Waals surface area contributed by atoms with Crippen molar-refractivity contribution in [3.05, 3.63) is 60.5 Å². The Bertz CT molecular complexity index is 1270. The maximum absolute atomic E-state index is 12.7. The molecule has 0 unspecified atom stereocenters. The molecule has 0 saturated carbocycles. The number of halogens is 1. The van der Waals surface area contributed by atoms with Crippen LogP contribution in [0.2, 0.25) is 5.02 Å². The Morgan fingerprint density at radius 2 is 2.00 bits per heavy atom. The Morgan fingerprint density at radius 1 is 1.16 bits per heavy atom. The fourth-order valence-electron chi connectivity index (χ4n) is 2.64. The van der Waals surface area contributed by atoms with Gasteiger partial charge in [0.2, 0.25) is 5.43 Å². The van der Waals surface area contributed by atoms with Crippen LogP contribution in [0.1, 0.15) is 0 Å². The summed E-state index contributed by atoms with van der Waals surface area (Å²) in [7, 11) is 0. The molecule has 4 aromatic rings. The zero-order valence-corrected chi connectivity index (χ0v) is 13.3. The van der Waals surface area contributed by atoms with Crippen LogP contribution in [0.4, 0.5) is 0 Å². The highest BCUT2D eigenvalue weighted by Crippen LogP contribution is 2.16. The van der Waals surface area contributed by atoms with Crippen LogP contribution in [0.5, 0.6) is 0 Å². The summed E-state index contributed by atoms with van der Waals surface area (Å²) in [6.45, 7) is 0.293. The lowest BCUT2D eigenvalue weighted by molar-refractivity contribution is 0.438. The van der Waals surface area contributed by atoms with Crippen LogP contribution in [-0.2, 0) is 13.1 Å². The van der Waals surface area contributed by atoms with Gasteiger partial charge in [0.05, 0.1) is 18.6 Å². The molecule has 0 amide bonds. The summed E-state index contributed by atoms with van der Waals surface area (Å²) in [6.07, 6.45) is 1.26. The van der Waals surface area contributed by atoms with Crippen molar-refractivity contribution in [3.8, 4) is 0 Å². The predicted molar refractivity (Wildman–Crippen MR) is 89.8 cm³/mol. The minimum atomic E-state index is -0.604. The monoisotopic (exact) mass is 359 g/mol. The lowest BCUT2D eigenvalue weighted by Gasteiger charge is -2.07. The zero-order chi connectivity index (χ0) is 17.6. The van der Waals surface area contributed by atoms with E-state index < -0.39 is 16.5 Å². The first-order valence-corrected chi connectivity index (χ1v) is 7.61. The Morgan fingerprint density at radius 3 is 2.76 bits per heavy atom. The van der Waals surface area contributed by atoms with Gasteiger partial charge in [-0.2, -0.15) is 4.80 Å². The summed E-state index contributed by atoms with van der Waals surface area (Å²) >= 11 is 5.92. The van der Waals surface area contributed by atoms with Gasteiger partial charge in [-0.15, -0.1) is 10.2 Å². The second-order valence-electron chi connectivity index (χ2n) is 5.32. The number of tetrazole rings is 1. The van der Waals surface area contributed by atoms with Crippen LogP contribution < -0.4 is 16.5 Å². The van der Waals surface area contributed by atoms with E-state index in [1.165, 1.54) is 23.3 Å². The third-order valence-electron chi connectivity index (χ3n) is 3.80. The topological polar surface area (TPSA) is 131 Å². The molecule has 2 N–H and O–H groups in total. The SMILES string of the molecule is O=c1[nH]n(CCn2ncnn2)c(=O)c2c(=O)c3ccc(Cl)cc3[nH]c12. The Kier molecular flexibility index (Phi) is 3.46. The first-order valence-electron chi connectivity index (χ1n) is 7.24. The quantitative estimate of drug-likeness (QED) is 0.490. The number of benzene rings is 1. The van der Waals surface area contributed by atoms with Gasteiger partial charge in [-0.05, 0) is 23.4 Å². The van der Waals surface area contributed by atoms with E-state index in [0.717, 1.165) is 4.68 Å². The van der Waals surface area contributed by atoms with Gasteiger partial charge in [0.15, 0.2) is 6.33 Å². The van der Waals surface area contributed by atoms with Crippen LogP contribution in [0.25, 0.3) is 21.8 Å². The first-order chi connectivity index (χ1) is 12.0. The molecule has 3 aromatic heterocycles. The standard InChI is InChI=1S/C14H10ClN7O3/c15-7-1-2-8-9(5-7)18-11-10(12(8)23)14(25)21(19-13(11)24)3-4-22-17-6-16-20-22/h1-2,5-6H,3-4H2,(H,18,23)(H,19,24). The van der Waals surface area contributed by atoms with E-state index in [9.17, 15) is 14.4 Å². The molecule has 25 heavy (non-hydrogen) atoms. The van der Waals surface area contributed by atoms with Gasteiger partial charge in [0, 0.05) is 10.4 Å². The van der Waals surface area contributed by atoms with Crippen molar-refractivity contribution in [1.82, 2.24) is 35.0 Å². The first kappa shape index (κ1) is 15.3. The Labute approximate surface area is 142 Å². The van der Waals surface area contributed by atoms with Crippen molar-refractivity contribution in [2.45, 2.75) is 13.1 Å². The molecule has 1 aromatic carbocycles. The van der Waals surface area contributed by atoms with Crippen LogP contribution in [0.3, 0.4) is 0 Å². The van der Waals surface area contributed by atoms with E-state index in [2.05, 4.69) is 25.5 Å². The van der Waals surface area contributed by atoms with Gasteiger partial charge in [-0.1, -0.05) is 11.6 Å². The smallest absolute Gasteiger partial charge is 0.287 e. The molecule has 4 rings (SSSR count). The van der Waals surface area contributed by atoms with E-state index in [1.807, 2.05) is 0 Å². The molecular weight excluding hydrogens is 350 g/mol. The van der Waals surface area contributed by atoms with Crippen molar-refractivity contribution in [2.75, 3.05) is 0 Å². The highest BCUT2D eigenvalue weighted by Gasteiger charge is 2.14. The predicted octanol–water partition coefficient (Wildman–Crippen LogP) is -0.129. The second-order valence-corrected chi connectivity index (χ2v) is 5.76. The number of fused-ring (bicyclic) bond motifs is 2. The number of nitrogens with one attached hydrogen (secondary N) is 2. The van der Waals surface area contributed by atoms with Crippen molar-refractivity contribution >= 4 is 33.4 Å². The summed E-state index contributed by atoms with van der Waals surface area (Å²) in [6, 6.07) is 4.59. The highest BCUT2D eigenvalue weighted by molar-refractivity contribution is 6.31. The van der Waals surface area contributed by atoms with Gasteiger partial charge < -0.3 is 4.98 Å². The Balaban J connectivity index is 1.95. The molecule has 0 atom stereocenters. The number of pyridine rings is 1.